The molecule has 176 valence electrons. The van der Waals surface area contributed by atoms with Gasteiger partial charge in [0.15, 0.2) is 0 Å². The number of nitrogens with two attached hydrogens (primary N) is 1. The zero-order chi connectivity index (χ0) is 24.0. The lowest BCUT2D eigenvalue weighted by molar-refractivity contribution is 0.513. The van der Waals surface area contributed by atoms with Crippen molar-refractivity contribution in [1.82, 2.24) is 9.55 Å². The molecule has 1 aromatic heterocycles. The van der Waals surface area contributed by atoms with E-state index in [0.717, 1.165) is 43.8 Å². The molecule has 2 aromatic rings. The maximum absolute atomic E-state index is 14.9. The highest BCUT2D eigenvalue weighted by atomic mass is 19.1. The lowest BCUT2D eigenvalue weighted by Crippen LogP contribution is -2.31. The number of aryl methyl sites for hydroxylation is 1. The van der Waals surface area contributed by atoms with Crippen LogP contribution >= 0.6 is 0 Å². The molecule has 1 atom stereocenters. The first-order valence-corrected chi connectivity index (χ1v) is 11.6. The van der Waals surface area contributed by atoms with Crippen LogP contribution in [0.1, 0.15) is 64.5 Å². The maximum atomic E-state index is 14.9. The molecule has 2 aliphatic carbocycles. The van der Waals surface area contributed by atoms with Crippen LogP contribution in [0.15, 0.2) is 15.7 Å². The third kappa shape index (κ3) is 5.21. The molecule has 2 heterocycles. The van der Waals surface area contributed by atoms with E-state index in [0.29, 0.717) is 17.1 Å². The molecule has 8 heteroatoms. The Morgan fingerprint density at radius 1 is 1.12 bits per heavy atom. The molecule has 1 saturated heterocycles. The van der Waals surface area contributed by atoms with Crippen molar-refractivity contribution in [2.24, 2.45) is 17.6 Å². The number of aromatic amines is 1. The van der Waals surface area contributed by atoms with Crippen molar-refractivity contribution < 1.29 is 4.39 Å². The number of anilines is 1. The minimum absolute atomic E-state index is 0.127. The molecule has 2 saturated carbocycles. The molecule has 1 aliphatic heterocycles. The zero-order valence-electron chi connectivity index (χ0n) is 19.9. The van der Waals surface area contributed by atoms with Crippen LogP contribution < -0.4 is 21.9 Å². The van der Waals surface area contributed by atoms with Crippen molar-refractivity contribution in [1.29, 1.82) is 5.26 Å². The van der Waals surface area contributed by atoms with Gasteiger partial charge >= 0.3 is 5.69 Å². The fourth-order valence-electron chi connectivity index (χ4n) is 4.58. The number of rotatable bonds is 3. The van der Waals surface area contributed by atoms with Gasteiger partial charge in [-0.25, -0.2) is 9.18 Å². The van der Waals surface area contributed by atoms with Crippen molar-refractivity contribution in [3.63, 3.8) is 0 Å². The topological polar surface area (TPSA) is 108 Å². The number of H-pyrrole nitrogens is 1. The lowest BCUT2D eigenvalue weighted by Gasteiger charge is -2.24. The number of benzene rings is 1. The number of nitriles is 1. The summed E-state index contributed by atoms with van der Waals surface area (Å²) in [6, 6.07) is 3.20. The molecule has 1 unspecified atom stereocenters. The van der Waals surface area contributed by atoms with Crippen LogP contribution in [0.4, 0.5) is 10.1 Å². The minimum atomic E-state index is -0.497. The van der Waals surface area contributed by atoms with Gasteiger partial charge in [0.1, 0.15) is 5.82 Å². The van der Waals surface area contributed by atoms with Crippen LogP contribution in [0.2, 0.25) is 0 Å². The summed E-state index contributed by atoms with van der Waals surface area (Å²) in [5.74, 6) is 1.11. The molecule has 1 aromatic carbocycles. The second kappa shape index (κ2) is 11.3. The average Bonchev–Trinajstić information content (AvgIpc) is 3.72. The molecular formula is C24H36FN5O2. The summed E-state index contributed by atoms with van der Waals surface area (Å²) < 4.78 is 16.6. The third-order valence-electron chi connectivity index (χ3n) is 6.13. The van der Waals surface area contributed by atoms with Crippen molar-refractivity contribution in [2.75, 3.05) is 25.0 Å². The molecule has 0 bridgehead atoms. The number of nitrogens with one attached hydrogen (secondary N) is 1. The first kappa shape index (κ1) is 25.6. The second-order valence-corrected chi connectivity index (χ2v) is 8.14. The summed E-state index contributed by atoms with van der Waals surface area (Å²) in [5, 5.41) is 7.60. The molecule has 0 spiro atoms. The largest absolute Gasteiger partial charge is 0.369 e. The van der Waals surface area contributed by atoms with Gasteiger partial charge in [-0.05, 0) is 64.0 Å². The van der Waals surface area contributed by atoms with Gasteiger partial charge in [0, 0.05) is 31.6 Å². The van der Waals surface area contributed by atoms with Gasteiger partial charge in [-0.1, -0.05) is 13.8 Å². The van der Waals surface area contributed by atoms with Crippen LogP contribution in [-0.2, 0) is 0 Å². The molecule has 3 N–H and O–H groups in total. The number of hydrogen-bond acceptors (Lipinski definition) is 5. The summed E-state index contributed by atoms with van der Waals surface area (Å²) in [4.78, 5) is 29.1. The summed E-state index contributed by atoms with van der Waals surface area (Å²) in [5.41, 5.74) is 5.54. The monoisotopic (exact) mass is 445 g/mol. The number of fused-ring (bicyclic) bond motifs is 1. The van der Waals surface area contributed by atoms with Gasteiger partial charge < -0.3 is 10.6 Å². The normalized spacial score (nSPS) is 19.1. The van der Waals surface area contributed by atoms with E-state index in [4.69, 9.17) is 5.26 Å². The molecule has 3 fully saturated rings. The Balaban J connectivity index is 0.000000471. The molecule has 3 aliphatic rings. The predicted molar refractivity (Wildman–Crippen MR) is 128 cm³/mol. The number of aromatic nitrogens is 2. The highest BCUT2D eigenvalue weighted by molar-refractivity contribution is 5.87. The van der Waals surface area contributed by atoms with Gasteiger partial charge in [0.2, 0.25) is 0 Å². The van der Waals surface area contributed by atoms with Gasteiger partial charge in [0.25, 0.3) is 5.56 Å². The summed E-state index contributed by atoms with van der Waals surface area (Å²) >= 11 is 0. The van der Waals surface area contributed by atoms with E-state index in [1.165, 1.54) is 32.9 Å². The van der Waals surface area contributed by atoms with Gasteiger partial charge in [-0.15, -0.1) is 0 Å². The molecule has 0 radical (unpaired) electrons. The minimum Gasteiger partial charge on any atom is -0.369 e. The van der Waals surface area contributed by atoms with Crippen LogP contribution in [0.25, 0.3) is 10.9 Å². The van der Waals surface area contributed by atoms with E-state index in [2.05, 4.69) is 15.6 Å². The van der Waals surface area contributed by atoms with Crippen LogP contribution in [0, 0.1) is 35.9 Å². The lowest BCUT2D eigenvalue weighted by atomic mass is 10.0. The first-order valence-electron chi connectivity index (χ1n) is 11.6. The first-order chi connectivity index (χ1) is 15.5. The van der Waals surface area contributed by atoms with Crippen molar-refractivity contribution in [2.45, 2.75) is 65.8 Å². The molecule has 32 heavy (non-hydrogen) atoms. The molecule has 0 amide bonds. The zero-order valence-corrected chi connectivity index (χ0v) is 19.9. The number of nitrogens with zero attached hydrogens (tertiary/aromatic N) is 3. The Morgan fingerprint density at radius 2 is 1.72 bits per heavy atom. The molecule has 5 rings (SSSR count). The quantitative estimate of drug-likeness (QED) is 0.746. The van der Waals surface area contributed by atoms with E-state index in [1.54, 1.807) is 10.6 Å². The molecule has 7 nitrogen and oxygen atoms in total. The third-order valence-corrected chi connectivity index (χ3v) is 6.13. The van der Waals surface area contributed by atoms with E-state index < -0.39 is 5.56 Å². The second-order valence-electron chi connectivity index (χ2n) is 8.14. The standard InChI is InChI=1S/C19H22FN3O2.C2H3N.C2H6.CH5N/c1-10-16-14(18(24)21-19(25)23(16)13-4-5-13)8-15(20)17(10)22-7-6-12(9-22)11-2-3-11;1-2-3;2*1-2/h8,11-13H,2-7,9H2,1H3,(H,21,24,25);1H3;1-2H3;2H2,1H3. The molecular weight excluding hydrogens is 409 g/mol. The predicted octanol–water partition coefficient (Wildman–Crippen LogP) is 3.84. The Hall–Kier alpha value is -2.66. The highest BCUT2D eigenvalue weighted by Crippen LogP contribution is 2.44. The van der Waals surface area contributed by atoms with Gasteiger partial charge in [-0.2, -0.15) is 5.26 Å². The van der Waals surface area contributed by atoms with Gasteiger partial charge in [0.05, 0.1) is 22.7 Å². The summed E-state index contributed by atoms with van der Waals surface area (Å²) in [6.45, 7) is 9.01. The van der Waals surface area contributed by atoms with E-state index >= 15 is 0 Å². The summed E-state index contributed by atoms with van der Waals surface area (Å²) in [6.07, 6.45) is 5.57. The number of hydrogen-bond donors (Lipinski definition) is 2. The van der Waals surface area contributed by atoms with Crippen molar-refractivity contribution in [3.05, 3.63) is 38.3 Å². The Morgan fingerprint density at radius 3 is 2.25 bits per heavy atom. The Bertz CT molecular complexity index is 1080. The van der Waals surface area contributed by atoms with Gasteiger partial charge in [-0.3, -0.25) is 14.3 Å². The average molecular weight is 446 g/mol. The van der Waals surface area contributed by atoms with Crippen LogP contribution in [0.3, 0.4) is 0 Å². The maximum Gasteiger partial charge on any atom is 0.329 e. The summed E-state index contributed by atoms with van der Waals surface area (Å²) in [7, 11) is 1.50. The fraction of sp³-hybridized carbons (Fsp3) is 0.625. The van der Waals surface area contributed by atoms with Crippen LogP contribution in [-0.4, -0.2) is 29.7 Å². The SMILES string of the molecule is CC.CC#N.CN.Cc1c(N2CCC(C3CC3)C2)c(F)cc2c(=O)[nH]c(=O)n(C3CC3)c12. The van der Waals surface area contributed by atoms with E-state index in [-0.39, 0.29) is 22.9 Å². The van der Waals surface area contributed by atoms with Crippen molar-refractivity contribution in [3.8, 4) is 6.07 Å². The van der Waals surface area contributed by atoms with E-state index in [1.807, 2.05) is 20.8 Å². The van der Waals surface area contributed by atoms with Crippen LogP contribution in [0.5, 0.6) is 0 Å². The number of halogens is 1. The smallest absolute Gasteiger partial charge is 0.329 e. The Kier molecular flexibility index (Phi) is 9.02. The van der Waals surface area contributed by atoms with Crippen molar-refractivity contribution >= 4 is 16.6 Å². The fourth-order valence-corrected chi connectivity index (χ4v) is 4.58. The highest BCUT2D eigenvalue weighted by Gasteiger charge is 2.37. The van der Waals surface area contributed by atoms with E-state index in [9.17, 15) is 14.0 Å². The Labute approximate surface area is 189 Å².